The number of amides is 1. The fourth-order valence-corrected chi connectivity index (χ4v) is 1.62. The average Bonchev–Trinajstić information content (AvgIpc) is 2.70. The third-order valence-corrected chi connectivity index (χ3v) is 2.56. The zero-order chi connectivity index (χ0) is 13.5. The summed E-state index contributed by atoms with van der Waals surface area (Å²) in [4.78, 5) is 21.9. The summed E-state index contributed by atoms with van der Waals surface area (Å²) in [6, 6.07) is -0.204. The maximum Gasteiger partial charge on any atom is 0.303 e. The van der Waals surface area contributed by atoms with Gasteiger partial charge in [-0.25, -0.2) is 0 Å². The molecule has 0 aliphatic rings. The van der Waals surface area contributed by atoms with Gasteiger partial charge in [-0.05, 0) is 19.8 Å². The highest BCUT2D eigenvalue weighted by Gasteiger charge is 2.13. The van der Waals surface area contributed by atoms with Crippen molar-refractivity contribution >= 4 is 11.9 Å². The number of hydrogen-bond acceptors (Lipinski definition) is 4. The number of nitrogens with zero attached hydrogens (tertiary/aromatic N) is 3. The molecule has 1 heterocycles. The molecule has 0 saturated heterocycles. The van der Waals surface area contributed by atoms with Gasteiger partial charge in [-0.15, -0.1) is 10.2 Å². The zero-order valence-electron chi connectivity index (χ0n) is 10.6. The zero-order valence-corrected chi connectivity index (χ0v) is 10.6. The first-order valence-corrected chi connectivity index (χ1v) is 5.85. The molecule has 7 nitrogen and oxygen atoms in total. The molecule has 1 atom stereocenters. The van der Waals surface area contributed by atoms with E-state index in [0.717, 1.165) is 0 Å². The Balaban J connectivity index is 2.28. The smallest absolute Gasteiger partial charge is 0.303 e. The van der Waals surface area contributed by atoms with Crippen LogP contribution in [0.4, 0.5) is 0 Å². The number of carboxylic acids is 1. The summed E-state index contributed by atoms with van der Waals surface area (Å²) in [6.45, 7) is 1.83. The van der Waals surface area contributed by atoms with Crippen molar-refractivity contribution in [2.45, 2.75) is 38.6 Å². The van der Waals surface area contributed by atoms with Gasteiger partial charge < -0.3 is 15.0 Å². The molecular formula is C11H18N4O3. The Morgan fingerprint density at radius 3 is 2.67 bits per heavy atom. The maximum atomic E-state index is 11.6. The van der Waals surface area contributed by atoms with Gasteiger partial charge >= 0.3 is 5.97 Å². The number of carbonyl (C=O) groups excluding carboxylic acids is 1. The number of unbranched alkanes of at least 4 members (excludes halogenated alkanes) is 1. The monoisotopic (exact) mass is 254 g/mol. The second kappa shape index (κ2) is 6.73. The predicted molar refractivity (Wildman–Crippen MR) is 63.7 cm³/mol. The van der Waals surface area contributed by atoms with E-state index in [4.69, 9.17) is 5.11 Å². The van der Waals surface area contributed by atoms with Gasteiger partial charge in [-0.2, -0.15) is 0 Å². The van der Waals surface area contributed by atoms with Crippen LogP contribution in [0.1, 0.15) is 44.5 Å². The molecule has 1 aromatic heterocycles. The molecule has 0 aliphatic carbocycles. The summed E-state index contributed by atoms with van der Waals surface area (Å²) in [7, 11) is 1.81. The molecule has 0 bridgehead atoms. The summed E-state index contributed by atoms with van der Waals surface area (Å²) in [6.07, 6.45) is 3.09. The maximum absolute atomic E-state index is 11.6. The van der Waals surface area contributed by atoms with Crippen molar-refractivity contribution in [2.24, 2.45) is 7.05 Å². The molecule has 2 N–H and O–H groups in total. The van der Waals surface area contributed by atoms with Crippen LogP contribution in [0.2, 0.25) is 0 Å². The van der Waals surface area contributed by atoms with Crippen LogP contribution in [0.5, 0.6) is 0 Å². The normalized spacial score (nSPS) is 12.1. The molecule has 18 heavy (non-hydrogen) atoms. The third-order valence-electron chi connectivity index (χ3n) is 2.56. The average molecular weight is 254 g/mol. The first kappa shape index (κ1) is 14.1. The van der Waals surface area contributed by atoms with Crippen LogP contribution >= 0.6 is 0 Å². The number of aromatic nitrogens is 3. The second-order valence-corrected chi connectivity index (χ2v) is 4.19. The molecule has 0 aromatic carbocycles. The predicted octanol–water partition coefficient (Wildman–Crippen LogP) is 0.637. The Hall–Kier alpha value is -1.92. The Bertz CT molecular complexity index is 416. The summed E-state index contributed by atoms with van der Waals surface area (Å²) in [5.41, 5.74) is 0. The minimum atomic E-state index is -0.831. The highest BCUT2D eigenvalue weighted by molar-refractivity contribution is 5.76. The Labute approximate surface area is 105 Å². The van der Waals surface area contributed by atoms with E-state index >= 15 is 0 Å². The van der Waals surface area contributed by atoms with E-state index in [-0.39, 0.29) is 18.4 Å². The van der Waals surface area contributed by atoms with Crippen LogP contribution in [-0.4, -0.2) is 31.7 Å². The van der Waals surface area contributed by atoms with E-state index in [0.29, 0.717) is 25.1 Å². The molecule has 1 amide bonds. The summed E-state index contributed by atoms with van der Waals surface area (Å²) in [5, 5.41) is 18.9. The van der Waals surface area contributed by atoms with Gasteiger partial charge in [0, 0.05) is 19.9 Å². The number of hydrogen-bond donors (Lipinski definition) is 2. The van der Waals surface area contributed by atoms with Gasteiger partial charge in [0.05, 0.1) is 6.04 Å². The van der Waals surface area contributed by atoms with Gasteiger partial charge in [-0.3, -0.25) is 9.59 Å². The van der Waals surface area contributed by atoms with Crippen LogP contribution < -0.4 is 5.32 Å². The molecular weight excluding hydrogens is 236 g/mol. The minimum absolute atomic E-state index is 0.101. The molecule has 0 saturated carbocycles. The standard InChI is InChI=1S/C11H18N4O3/c1-8(11-14-12-7-15(11)2)13-9(16)5-3-4-6-10(17)18/h7-8H,3-6H2,1-2H3,(H,13,16)(H,17,18). The molecule has 7 heteroatoms. The number of rotatable bonds is 7. The van der Waals surface area contributed by atoms with Gasteiger partial charge in [0.1, 0.15) is 6.33 Å². The first-order valence-electron chi connectivity index (χ1n) is 5.85. The lowest BCUT2D eigenvalue weighted by Gasteiger charge is -2.12. The van der Waals surface area contributed by atoms with Crippen molar-refractivity contribution in [3.8, 4) is 0 Å². The van der Waals surface area contributed by atoms with Gasteiger partial charge in [0.25, 0.3) is 0 Å². The summed E-state index contributed by atoms with van der Waals surface area (Å²) in [5.74, 6) is -0.243. The quantitative estimate of drug-likeness (QED) is 0.696. The van der Waals surface area contributed by atoms with E-state index in [1.54, 1.807) is 10.9 Å². The van der Waals surface area contributed by atoms with Gasteiger partial charge in [0.2, 0.25) is 5.91 Å². The topological polar surface area (TPSA) is 97.1 Å². The number of carbonyl (C=O) groups is 2. The van der Waals surface area contributed by atoms with E-state index in [1.165, 1.54) is 0 Å². The molecule has 1 aromatic rings. The van der Waals surface area contributed by atoms with Crippen LogP contribution in [0.3, 0.4) is 0 Å². The van der Waals surface area contributed by atoms with Gasteiger partial charge in [-0.1, -0.05) is 0 Å². The summed E-state index contributed by atoms with van der Waals surface area (Å²) < 4.78 is 1.75. The van der Waals surface area contributed by atoms with Crippen LogP contribution in [0, 0.1) is 0 Å². The SMILES string of the molecule is CC(NC(=O)CCCCC(=O)O)c1nncn1C. The fraction of sp³-hybridized carbons (Fsp3) is 0.636. The molecule has 0 fully saturated rings. The van der Waals surface area contributed by atoms with Crippen molar-refractivity contribution in [3.63, 3.8) is 0 Å². The molecule has 0 aliphatic heterocycles. The lowest BCUT2D eigenvalue weighted by atomic mass is 10.2. The number of carboxylic acid groups (broad SMARTS) is 1. The van der Waals surface area contributed by atoms with Crippen LogP contribution in [-0.2, 0) is 16.6 Å². The van der Waals surface area contributed by atoms with E-state index in [9.17, 15) is 9.59 Å². The van der Waals surface area contributed by atoms with Crippen molar-refractivity contribution in [2.75, 3.05) is 0 Å². The van der Waals surface area contributed by atoms with E-state index < -0.39 is 5.97 Å². The molecule has 0 spiro atoms. The minimum Gasteiger partial charge on any atom is -0.481 e. The van der Waals surface area contributed by atoms with Crippen molar-refractivity contribution in [1.82, 2.24) is 20.1 Å². The lowest BCUT2D eigenvalue weighted by Crippen LogP contribution is -2.28. The lowest BCUT2D eigenvalue weighted by molar-refractivity contribution is -0.137. The number of aliphatic carboxylic acids is 1. The first-order chi connectivity index (χ1) is 8.50. The largest absolute Gasteiger partial charge is 0.481 e. The van der Waals surface area contributed by atoms with E-state index in [2.05, 4.69) is 15.5 Å². The molecule has 1 unspecified atom stereocenters. The third kappa shape index (κ3) is 4.52. The Morgan fingerprint density at radius 1 is 1.44 bits per heavy atom. The van der Waals surface area contributed by atoms with Gasteiger partial charge in [0.15, 0.2) is 5.82 Å². The van der Waals surface area contributed by atoms with Crippen molar-refractivity contribution < 1.29 is 14.7 Å². The second-order valence-electron chi connectivity index (χ2n) is 4.19. The van der Waals surface area contributed by atoms with Crippen LogP contribution in [0.15, 0.2) is 6.33 Å². The molecule has 1 rings (SSSR count). The van der Waals surface area contributed by atoms with E-state index in [1.807, 2.05) is 14.0 Å². The molecule has 100 valence electrons. The van der Waals surface area contributed by atoms with Crippen molar-refractivity contribution in [3.05, 3.63) is 12.2 Å². The molecule has 0 radical (unpaired) electrons. The number of aryl methyl sites for hydroxylation is 1. The van der Waals surface area contributed by atoms with Crippen molar-refractivity contribution in [1.29, 1.82) is 0 Å². The highest BCUT2D eigenvalue weighted by atomic mass is 16.4. The number of nitrogens with one attached hydrogen (secondary N) is 1. The van der Waals surface area contributed by atoms with Crippen LogP contribution in [0.25, 0.3) is 0 Å². The Morgan fingerprint density at radius 2 is 2.11 bits per heavy atom. The fourth-order valence-electron chi connectivity index (χ4n) is 1.62. The summed E-state index contributed by atoms with van der Waals surface area (Å²) >= 11 is 0. The Kier molecular flexibility index (Phi) is 5.29. The highest BCUT2D eigenvalue weighted by Crippen LogP contribution is 2.08.